The molecule has 0 aliphatic heterocycles. The topological polar surface area (TPSA) is 38.3 Å². The summed E-state index contributed by atoms with van der Waals surface area (Å²) in [5.41, 5.74) is 0.678. The average Bonchev–Trinajstić information content (AvgIpc) is 2.37. The molecular formula is C13H18INO2. The molecule has 0 heterocycles. The molecule has 17 heavy (non-hydrogen) atoms. The zero-order valence-corrected chi connectivity index (χ0v) is 12.2. The van der Waals surface area contributed by atoms with E-state index >= 15 is 0 Å². The lowest BCUT2D eigenvalue weighted by Crippen LogP contribution is -2.24. The highest BCUT2D eigenvalue weighted by atomic mass is 127. The summed E-state index contributed by atoms with van der Waals surface area (Å²) in [6.07, 6.45) is 2.18. The van der Waals surface area contributed by atoms with Gasteiger partial charge in [-0.1, -0.05) is 35.9 Å². The lowest BCUT2D eigenvalue weighted by atomic mass is 10.2. The van der Waals surface area contributed by atoms with Crippen LogP contribution in [0.3, 0.4) is 0 Å². The minimum atomic E-state index is -0.0261. The van der Waals surface area contributed by atoms with Gasteiger partial charge in [-0.25, -0.2) is 0 Å². The summed E-state index contributed by atoms with van der Waals surface area (Å²) in [5.74, 6) is 0.797. The maximum Gasteiger partial charge on any atom is 0.251 e. The van der Waals surface area contributed by atoms with E-state index in [1.54, 1.807) is 12.1 Å². The largest absolute Gasteiger partial charge is 0.494 e. The maximum absolute atomic E-state index is 11.6. The summed E-state index contributed by atoms with van der Waals surface area (Å²) in [6.45, 7) is 3.56. The highest BCUT2D eigenvalue weighted by Crippen LogP contribution is 2.12. The molecule has 0 radical (unpaired) electrons. The maximum atomic E-state index is 11.6. The van der Waals surface area contributed by atoms with Crippen LogP contribution in [0.2, 0.25) is 0 Å². The zero-order chi connectivity index (χ0) is 12.5. The van der Waals surface area contributed by atoms with Crippen LogP contribution in [0.1, 0.15) is 30.1 Å². The molecule has 0 saturated carbocycles. The van der Waals surface area contributed by atoms with E-state index in [0.717, 1.165) is 29.6 Å². The van der Waals surface area contributed by atoms with Gasteiger partial charge in [0.2, 0.25) is 0 Å². The molecule has 1 N–H and O–H groups in total. The highest BCUT2D eigenvalue weighted by Gasteiger charge is 2.04. The number of alkyl halides is 1. The van der Waals surface area contributed by atoms with Gasteiger partial charge < -0.3 is 10.1 Å². The van der Waals surface area contributed by atoms with Crippen molar-refractivity contribution < 1.29 is 9.53 Å². The first-order valence-corrected chi connectivity index (χ1v) is 7.37. The van der Waals surface area contributed by atoms with Crippen molar-refractivity contribution in [3.63, 3.8) is 0 Å². The Morgan fingerprint density at radius 1 is 1.35 bits per heavy atom. The Balaban J connectivity index is 2.46. The van der Waals surface area contributed by atoms with Crippen LogP contribution in [0.25, 0.3) is 0 Å². The second-order valence-corrected chi connectivity index (χ2v) is 4.75. The van der Waals surface area contributed by atoms with Gasteiger partial charge in [-0.05, 0) is 30.7 Å². The van der Waals surface area contributed by atoms with E-state index in [4.69, 9.17) is 4.74 Å². The first kappa shape index (κ1) is 14.3. The number of ether oxygens (including phenoxy) is 1. The molecule has 0 aliphatic rings. The number of carbonyl (C=O) groups excluding carboxylic acids is 1. The fraction of sp³-hybridized carbons (Fsp3) is 0.462. The Labute approximate surface area is 116 Å². The van der Waals surface area contributed by atoms with Gasteiger partial charge in [0.25, 0.3) is 5.91 Å². The third kappa shape index (κ3) is 5.39. The van der Waals surface area contributed by atoms with Gasteiger partial charge in [0.05, 0.1) is 6.61 Å². The highest BCUT2D eigenvalue weighted by molar-refractivity contribution is 14.1. The van der Waals surface area contributed by atoms with E-state index < -0.39 is 0 Å². The van der Waals surface area contributed by atoms with Crippen LogP contribution in [0.15, 0.2) is 24.3 Å². The number of nitrogens with one attached hydrogen (secondary N) is 1. The number of benzene rings is 1. The number of amides is 1. The molecule has 1 aromatic rings. The third-order valence-corrected chi connectivity index (χ3v) is 2.80. The van der Waals surface area contributed by atoms with Crippen molar-refractivity contribution in [1.29, 1.82) is 0 Å². The summed E-state index contributed by atoms with van der Waals surface area (Å²) >= 11 is 2.23. The summed E-state index contributed by atoms with van der Waals surface area (Å²) in [6, 6.07) is 7.27. The van der Waals surface area contributed by atoms with Crippen LogP contribution in [0.4, 0.5) is 0 Å². The van der Waals surface area contributed by atoms with Crippen LogP contribution in [-0.2, 0) is 0 Å². The lowest BCUT2D eigenvalue weighted by Gasteiger charge is -2.06. The first-order valence-electron chi connectivity index (χ1n) is 5.85. The van der Waals surface area contributed by atoms with E-state index in [-0.39, 0.29) is 5.91 Å². The van der Waals surface area contributed by atoms with Crippen molar-refractivity contribution >= 4 is 28.5 Å². The molecule has 3 nitrogen and oxygen atoms in total. The molecule has 1 rings (SSSR count). The molecule has 0 spiro atoms. The summed E-state index contributed by atoms with van der Waals surface area (Å²) in [5, 5.41) is 2.83. The van der Waals surface area contributed by atoms with Crippen molar-refractivity contribution in [1.82, 2.24) is 5.32 Å². The number of halogens is 1. The summed E-state index contributed by atoms with van der Waals surface area (Å²) in [4.78, 5) is 11.6. The second kappa shape index (κ2) is 8.33. The predicted octanol–water partition coefficient (Wildman–Crippen LogP) is 3.03. The van der Waals surface area contributed by atoms with Crippen molar-refractivity contribution in [2.24, 2.45) is 0 Å². The minimum absolute atomic E-state index is 0.0261. The molecule has 94 valence electrons. The number of hydrogen-bond donors (Lipinski definition) is 1. The fourth-order valence-corrected chi connectivity index (χ4v) is 1.57. The van der Waals surface area contributed by atoms with Crippen molar-refractivity contribution in [2.75, 3.05) is 17.6 Å². The van der Waals surface area contributed by atoms with Crippen LogP contribution < -0.4 is 10.1 Å². The molecule has 0 fully saturated rings. The fourth-order valence-electron chi connectivity index (χ4n) is 1.30. The van der Waals surface area contributed by atoms with E-state index in [9.17, 15) is 4.79 Å². The zero-order valence-electron chi connectivity index (χ0n) is 10.0. The standard InChI is InChI=1S/C13H18INO2/c1-2-3-10-17-12-6-4-11(5-7-12)13(16)15-9-8-14/h4-7H,2-3,8-10H2,1H3,(H,15,16). The van der Waals surface area contributed by atoms with Crippen LogP contribution in [0, 0.1) is 0 Å². The Bertz CT molecular complexity index is 338. The van der Waals surface area contributed by atoms with Gasteiger partial charge in [-0.3, -0.25) is 4.79 Å². The quantitative estimate of drug-likeness (QED) is 0.468. The van der Waals surface area contributed by atoms with E-state index in [0.29, 0.717) is 12.1 Å². The van der Waals surface area contributed by atoms with Crippen molar-refractivity contribution in [3.05, 3.63) is 29.8 Å². The van der Waals surface area contributed by atoms with Crippen molar-refractivity contribution in [2.45, 2.75) is 19.8 Å². The Hall–Kier alpha value is -0.780. The van der Waals surface area contributed by atoms with Gasteiger partial charge in [0, 0.05) is 16.5 Å². The smallest absolute Gasteiger partial charge is 0.251 e. The van der Waals surface area contributed by atoms with Crippen LogP contribution >= 0.6 is 22.6 Å². The average molecular weight is 347 g/mol. The molecule has 1 amide bonds. The van der Waals surface area contributed by atoms with E-state index in [1.807, 2.05) is 12.1 Å². The molecule has 0 aromatic heterocycles. The molecule has 0 aliphatic carbocycles. The molecule has 0 unspecified atom stereocenters. The van der Waals surface area contributed by atoms with Gasteiger partial charge in [0.1, 0.15) is 5.75 Å². The van der Waals surface area contributed by atoms with E-state index in [1.165, 1.54) is 0 Å². The molecule has 1 aromatic carbocycles. The number of carbonyl (C=O) groups is 1. The molecule has 0 bridgehead atoms. The predicted molar refractivity (Wildman–Crippen MR) is 78.1 cm³/mol. The van der Waals surface area contributed by atoms with Gasteiger partial charge in [-0.15, -0.1) is 0 Å². The second-order valence-electron chi connectivity index (χ2n) is 3.67. The Morgan fingerprint density at radius 2 is 2.06 bits per heavy atom. The molecule has 0 atom stereocenters. The third-order valence-electron chi connectivity index (χ3n) is 2.26. The number of rotatable bonds is 7. The molecule has 0 saturated heterocycles. The SMILES string of the molecule is CCCCOc1ccc(C(=O)NCCI)cc1. The Morgan fingerprint density at radius 3 is 2.65 bits per heavy atom. The monoisotopic (exact) mass is 347 g/mol. The Kier molecular flexibility index (Phi) is 7.00. The minimum Gasteiger partial charge on any atom is -0.494 e. The molecular weight excluding hydrogens is 329 g/mol. The van der Waals surface area contributed by atoms with Gasteiger partial charge in [-0.2, -0.15) is 0 Å². The van der Waals surface area contributed by atoms with Gasteiger partial charge in [0.15, 0.2) is 0 Å². The lowest BCUT2D eigenvalue weighted by molar-refractivity contribution is 0.0956. The first-order chi connectivity index (χ1) is 8.27. The normalized spacial score (nSPS) is 10.0. The number of hydrogen-bond acceptors (Lipinski definition) is 2. The van der Waals surface area contributed by atoms with Crippen molar-refractivity contribution in [3.8, 4) is 5.75 Å². The summed E-state index contributed by atoms with van der Waals surface area (Å²) < 4.78 is 6.45. The van der Waals surface area contributed by atoms with E-state index in [2.05, 4.69) is 34.8 Å². The summed E-state index contributed by atoms with van der Waals surface area (Å²) in [7, 11) is 0. The van der Waals surface area contributed by atoms with Crippen LogP contribution in [0.5, 0.6) is 5.75 Å². The van der Waals surface area contributed by atoms with Crippen LogP contribution in [-0.4, -0.2) is 23.5 Å². The molecule has 4 heteroatoms. The number of unbranched alkanes of at least 4 members (excludes halogenated alkanes) is 1. The van der Waals surface area contributed by atoms with Gasteiger partial charge >= 0.3 is 0 Å².